The number of hydrogen-bond acceptors (Lipinski definition) is 3. The highest BCUT2D eigenvalue weighted by atomic mass is 35.5. The maximum absolute atomic E-state index is 13.8. The highest BCUT2D eigenvalue weighted by Crippen LogP contribution is 2.26. The quantitative estimate of drug-likeness (QED) is 0.277. The molecule has 3 aromatic rings. The van der Waals surface area contributed by atoms with Gasteiger partial charge in [0.05, 0.1) is 11.1 Å². The van der Waals surface area contributed by atoms with Crippen molar-refractivity contribution in [3.63, 3.8) is 0 Å². The summed E-state index contributed by atoms with van der Waals surface area (Å²) in [6, 6.07) is 15.5. The van der Waals surface area contributed by atoms with Gasteiger partial charge in [-0.15, -0.1) is 0 Å². The molecule has 0 radical (unpaired) electrons. The summed E-state index contributed by atoms with van der Waals surface area (Å²) < 4.78 is 19.6. The molecule has 0 spiro atoms. The van der Waals surface area contributed by atoms with Crippen LogP contribution in [0.1, 0.15) is 70.9 Å². The topological polar surface area (TPSA) is 75.6 Å². The van der Waals surface area contributed by atoms with Gasteiger partial charge in [0.15, 0.2) is 0 Å². The van der Waals surface area contributed by atoms with Gasteiger partial charge in [-0.2, -0.15) is 0 Å². The van der Waals surface area contributed by atoms with Gasteiger partial charge in [0, 0.05) is 12.0 Å². The van der Waals surface area contributed by atoms with Crippen molar-refractivity contribution >= 4 is 23.5 Å². The molecule has 1 atom stereocenters. The number of aryl methyl sites for hydroxylation is 3. The van der Waals surface area contributed by atoms with Crippen molar-refractivity contribution < 1.29 is 23.8 Å². The number of ether oxygens (including phenoxy) is 1. The molecule has 1 amide bonds. The number of nitrogens with one attached hydrogen (secondary N) is 1. The standard InChI is InChI=1S/C30H33ClFNO4/c1-18(2)11-28(23-13-19(3)12-20(4)14-23)33-30(36)25-16-24(8-6-22(25)7-10-29(34)35)37-17-21-5-9-26(31)27(32)15-21/h5-6,8-9,12-16,18,28H,7,10-11,17H2,1-4H3,(H,33,36)(H,34,35). The molecule has 1 unspecified atom stereocenters. The van der Waals surface area contributed by atoms with Gasteiger partial charge in [0.1, 0.15) is 18.2 Å². The van der Waals surface area contributed by atoms with Crippen molar-refractivity contribution in [2.45, 2.75) is 59.6 Å². The van der Waals surface area contributed by atoms with Gasteiger partial charge in [-0.25, -0.2) is 4.39 Å². The van der Waals surface area contributed by atoms with E-state index in [2.05, 4.69) is 37.4 Å². The molecule has 0 aliphatic rings. The molecule has 0 aromatic heterocycles. The number of carboxylic acids is 1. The van der Waals surface area contributed by atoms with Crippen molar-refractivity contribution in [1.29, 1.82) is 0 Å². The third-order valence-corrected chi connectivity index (χ3v) is 6.29. The minimum atomic E-state index is -0.940. The smallest absolute Gasteiger partial charge is 0.303 e. The molecular formula is C30H33ClFNO4. The summed E-state index contributed by atoms with van der Waals surface area (Å²) in [6.07, 6.45) is 0.855. The van der Waals surface area contributed by atoms with E-state index in [4.69, 9.17) is 16.3 Å². The van der Waals surface area contributed by atoms with Crippen molar-refractivity contribution in [2.24, 2.45) is 5.92 Å². The molecule has 0 bridgehead atoms. The lowest BCUT2D eigenvalue weighted by atomic mass is 9.93. The minimum absolute atomic E-state index is 0.0326. The zero-order valence-corrected chi connectivity index (χ0v) is 22.4. The van der Waals surface area contributed by atoms with Crippen molar-refractivity contribution in [3.05, 3.63) is 98.8 Å². The van der Waals surface area contributed by atoms with Gasteiger partial charge in [-0.05, 0) is 73.6 Å². The number of rotatable bonds is 11. The summed E-state index contributed by atoms with van der Waals surface area (Å²) in [5.41, 5.74) is 4.84. The van der Waals surface area contributed by atoms with Crippen LogP contribution in [-0.4, -0.2) is 17.0 Å². The number of aliphatic carboxylic acids is 1. The lowest BCUT2D eigenvalue weighted by molar-refractivity contribution is -0.136. The summed E-state index contributed by atoms with van der Waals surface area (Å²) in [5.74, 6) is -1.01. The molecule has 0 aliphatic carbocycles. The maximum Gasteiger partial charge on any atom is 0.303 e. The molecule has 0 saturated carbocycles. The van der Waals surface area contributed by atoms with E-state index in [9.17, 15) is 19.1 Å². The van der Waals surface area contributed by atoms with Crippen LogP contribution in [0.15, 0.2) is 54.6 Å². The number of benzene rings is 3. The second-order valence-electron chi connectivity index (χ2n) is 9.83. The number of carboxylic acid groups (broad SMARTS) is 1. The number of halogens is 2. The lowest BCUT2D eigenvalue weighted by Crippen LogP contribution is -2.30. The molecule has 3 aromatic carbocycles. The fourth-order valence-corrected chi connectivity index (χ4v) is 4.43. The largest absolute Gasteiger partial charge is 0.489 e. The van der Waals surface area contributed by atoms with E-state index in [1.807, 2.05) is 13.8 Å². The highest BCUT2D eigenvalue weighted by Gasteiger charge is 2.21. The first-order valence-electron chi connectivity index (χ1n) is 12.3. The van der Waals surface area contributed by atoms with Crippen molar-refractivity contribution in [2.75, 3.05) is 0 Å². The zero-order valence-electron chi connectivity index (χ0n) is 21.6. The van der Waals surface area contributed by atoms with E-state index in [0.29, 0.717) is 28.4 Å². The fraction of sp³-hybridized carbons (Fsp3) is 0.333. The molecule has 5 nitrogen and oxygen atoms in total. The normalized spacial score (nSPS) is 11.9. The van der Waals surface area contributed by atoms with Crippen LogP contribution >= 0.6 is 11.6 Å². The Bertz CT molecular complexity index is 1250. The molecule has 196 valence electrons. The Morgan fingerprint density at radius 3 is 2.35 bits per heavy atom. The van der Waals surface area contributed by atoms with Gasteiger partial charge in [-0.3, -0.25) is 9.59 Å². The Hall–Kier alpha value is -3.38. The lowest BCUT2D eigenvalue weighted by Gasteiger charge is -2.23. The molecule has 7 heteroatoms. The summed E-state index contributed by atoms with van der Waals surface area (Å²) >= 11 is 5.76. The Morgan fingerprint density at radius 1 is 1.03 bits per heavy atom. The molecular weight excluding hydrogens is 493 g/mol. The van der Waals surface area contributed by atoms with Gasteiger partial charge in [-0.1, -0.05) is 66.9 Å². The average Bonchev–Trinajstić information content (AvgIpc) is 2.82. The van der Waals surface area contributed by atoms with Gasteiger partial charge in [0.2, 0.25) is 0 Å². The van der Waals surface area contributed by atoms with Crippen LogP contribution in [0.3, 0.4) is 0 Å². The van der Waals surface area contributed by atoms with Gasteiger partial charge < -0.3 is 15.2 Å². The maximum atomic E-state index is 13.8. The summed E-state index contributed by atoms with van der Waals surface area (Å²) in [6.45, 7) is 8.36. The van der Waals surface area contributed by atoms with E-state index in [1.165, 1.54) is 12.1 Å². The second-order valence-corrected chi connectivity index (χ2v) is 10.2. The highest BCUT2D eigenvalue weighted by molar-refractivity contribution is 6.30. The first-order valence-corrected chi connectivity index (χ1v) is 12.7. The summed E-state index contributed by atoms with van der Waals surface area (Å²) in [7, 11) is 0. The predicted molar refractivity (Wildman–Crippen MR) is 144 cm³/mol. The molecule has 37 heavy (non-hydrogen) atoms. The van der Waals surface area contributed by atoms with Crippen LogP contribution in [0.4, 0.5) is 4.39 Å². The monoisotopic (exact) mass is 525 g/mol. The third kappa shape index (κ3) is 8.32. The molecule has 2 N–H and O–H groups in total. The van der Waals surface area contributed by atoms with E-state index >= 15 is 0 Å². The van der Waals surface area contributed by atoms with Crippen LogP contribution in [0.5, 0.6) is 5.75 Å². The van der Waals surface area contributed by atoms with Crippen LogP contribution in [0, 0.1) is 25.6 Å². The fourth-order valence-electron chi connectivity index (χ4n) is 4.31. The van der Waals surface area contributed by atoms with Crippen molar-refractivity contribution in [1.82, 2.24) is 5.32 Å². The molecule has 3 rings (SSSR count). The summed E-state index contributed by atoms with van der Waals surface area (Å²) in [5, 5.41) is 12.4. The van der Waals surface area contributed by atoms with E-state index in [1.54, 1.807) is 24.3 Å². The van der Waals surface area contributed by atoms with Gasteiger partial charge in [0.25, 0.3) is 5.91 Å². The van der Waals surface area contributed by atoms with Crippen LogP contribution in [0.25, 0.3) is 0 Å². The van der Waals surface area contributed by atoms with E-state index in [-0.39, 0.29) is 36.4 Å². The number of carbonyl (C=O) groups excluding carboxylic acids is 1. The zero-order chi connectivity index (χ0) is 27.1. The van der Waals surface area contributed by atoms with E-state index < -0.39 is 11.8 Å². The number of hydrogen-bond donors (Lipinski definition) is 2. The van der Waals surface area contributed by atoms with Crippen LogP contribution in [-0.2, 0) is 17.8 Å². The first-order chi connectivity index (χ1) is 17.5. The molecule has 0 heterocycles. The average molecular weight is 526 g/mol. The minimum Gasteiger partial charge on any atom is -0.489 e. The first kappa shape index (κ1) is 28.2. The Labute approximate surface area is 222 Å². The Kier molecular flexibility index (Phi) is 9.70. The van der Waals surface area contributed by atoms with Gasteiger partial charge >= 0.3 is 5.97 Å². The van der Waals surface area contributed by atoms with Crippen LogP contribution < -0.4 is 10.1 Å². The van der Waals surface area contributed by atoms with Crippen LogP contribution in [0.2, 0.25) is 5.02 Å². The molecule has 0 aliphatic heterocycles. The molecule has 0 saturated heterocycles. The SMILES string of the molecule is Cc1cc(C)cc(C(CC(C)C)NC(=O)c2cc(OCc3ccc(Cl)c(F)c3)ccc2CCC(=O)O)c1. The van der Waals surface area contributed by atoms with Crippen molar-refractivity contribution in [3.8, 4) is 5.75 Å². The van der Waals surface area contributed by atoms with E-state index in [0.717, 1.165) is 23.1 Å². The summed E-state index contributed by atoms with van der Waals surface area (Å²) in [4.78, 5) is 24.8. The third-order valence-electron chi connectivity index (χ3n) is 5.98. The number of carbonyl (C=O) groups is 2. The predicted octanol–water partition coefficient (Wildman–Crippen LogP) is 7.21. The molecule has 0 fully saturated rings. The Morgan fingerprint density at radius 2 is 1.73 bits per heavy atom. The Balaban J connectivity index is 1.88. The number of amides is 1. The second kappa shape index (κ2) is 12.7.